The highest BCUT2D eigenvalue weighted by molar-refractivity contribution is 5.92. The second kappa shape index (κ2) is 7.94. The maximum absolute atomic E-state index is 11.4. The number of nitrogens with zero attached hydrogens (tertiary/aromatic N) is 2. The lowest BCUT2D eigenvalue weighted by Gasteiger charge is -2.07. The topological polar surface area (TPSA) is 89.3 Å². The van der Waals surface area contributed by atoms with Gasteiger partial charge in [-0.05, 0) is 44.2 Å². The van der Waals surface area contributed by atoms with Crippen molar-refractivity contribution in [2.75, 3.05) is 18.9 Å². The van der Waals surface area contributed by atoms with Gasteiger partial charge in [0.2, 0.25) is 17.6 Å². The van der Waals surface area contributed by atoms with E-state index >= 15 is 0 Å². The predicted molar refractivity (Wildman–Crippen MR) is 86.9 cm³/mol. The van der Waals surface area contributed by atoms with Crippen molar-refractivity contribution in [3.05, 3.63) is 36.0 Å². The zero-order chi connectivity index (χ0) is 15.4. The molecule has 2 N–H and O–H groups in total. The number of anilines is 1. The van der Waals surface area contributed by atoms with Crippen LogP contribution in [0, 0.1) is 0 Å². The molecule has 0 atom stereocenters. The second-order valence-electron chi connectivity index (χ2n) is 5.21. The van der Waals surface area contributed by atoms with Crippen LogP contribution in [0.1, 0.15) is 30.5 Å². The Labute approximate surface area is 140 Å². The van der Waals surface area contributed by atoms with Crippen LogP contribution in [0.2, 0.25) is 0 Å². The molecule has 1 saturated carbocycles. The first-order chi connectivity index (χ1) is 10.7. The summed E-state index contributed by atoms with van der Waals surface area (Å²) in [6.45, 7) is 0.543. The standard InChI is InChI=1S/C15H18N4O3.ClH/c1-16-8-14(20)17-11-4-6-12(7-5-11)21-9-13-18-15(22-19-13)10-2-3-10;/h4-7,10,16H,2-3,8-9H2,1H3,(H,17,20);1H. The van der Waals surface area contributed by atoms with Crippen molar-refractivity contribution in [3.8, 4) is 5.75 Å². The summed E-state index contributed by atoms with van der Waals surface area (Å²) in [7, 11) is 1.73. The van der Waals surface area contributed by atoms with E-state index in [1.807, 2.05) is 0 Å². The number of benzene rings is 1. The van der Waals surface area contributed by atoms with Crippen LogP contribution in [0.4, 0.5) is 5.69 Å². The van der Waals surface area contributed by atoms with Crippen LogP contribution in [0.25, 0.3) is 0 Å². The van der Waals surface area contributed by atoms with E-state index in [-0.39, 0.29) is 31.5 Å². The van der Waals surface area contributed by atoms with E-state index in [0.717, 1.165) is 18.5 Å². The minimum Gasteiger partial charge on any atom is -0.485 e. The Balaban J connectivity index is 0.00000192. The monoisotopic (exact) mass is 338 g/mol. The van der Waals surface area contributed by atoms with Crippen LogP contribution < -0.4 is 15.4 Å². The molecule has 0 saturated heterocycles. The molecule has 0 spiro atoms. The number of aromatic nitrogens is 2. The molecule has 2 aromatic rings. The third-order valence-corrected chi connectivity index (χ3v) is 3.25. The average molecular weight is 339 g/mol. The average Bonchev–Trinajstić information content (AvgIpc) is 3.26. The van der Waals surface area contributed by atoms with Gasteiger partial charge in [-0.1, -0.05) is 5.16 Å². The Morgan fingerprint density at radius 2 is 2.09 bits per heavy atom. The quantitative estimate of drug-likeness (QED) is 0.803. The molecule has 1 fully saturated rings. The normalized spacial score (nSPS) is 13.3. The second-order valence-corrected chi connectivity index (χ2v) is 5.21. The number of amides is 1. The third-order valence-electron chi connectivity index (χ3n) is 3.25. The molecule has 0 radical (unpaired) electrons. The number of carbonyl (C=O) groups is 1. The third kappa shape index (κ3) is 4.94. The summed E-state index contributed by atoms with van der Waals surface area (Å²) in [4.78, 5) is 15.7. The number of nitrogens with one attached hydrogen (secondary N) is 2. The summed E-state index contributed by atoms with van der Waals surface area (Å²) in [6.07, 6.45) is 2.26. The highest BCUT2D eigenvalue weighted by Gasteiger charge is 2.29. The first-order valence-corrected chi connectivity index (χ1v) is 7.24. The summed E-state index contributed by atoms with van der Waals surface area (Å²) >= 11 is 0. The van der Waals surface area contributed by atoms with Crippen LogP contribution in [0.3, 0.4) is 0 Å². The van der Waals surface area contributed by atoms with Gasteiger partial charge in [-0.25, -0.2) is 0 Å². The number of rotatable bonds is 7. The molecule has 0 aliphatic heterocycles. The lowest BCUT2D eigenvalue weighted by atomic mass is 10.3. The van der Waals surface area contributed by atoms with Crippen LogP contribution in [-0.2, 0) is 11.4 Å². The van der Waals surface area contributed by atoms with Crippen molar-refractivity contribution in [1.82, 2.24) is 15.5 Å². The Bertz CT molecular complexity index is 640. The molecule has 1 aliphatic carbocycles. The predicted octanol–water partition coefficient (Wildman–Crippen LogP) is 2.11. The van der Waals surface area contributed by atoms with Gasteiger partial charge in [0.1, 0.15) is 5.75 Å². The molecular formula is C15H19ClN4O3. The van der Waals surface area contributed by atoms with E-state index in [2.05, 4.69) is 20.8 Å². The van der Waals surface area contributed by atoms with Crippen molar-refractivity contribution in [2.45, 2.75) is 25.4 Å². The molecule has 8 heteroatoms. The molecule has 1 heterocycles. The number of halogens is 1. The number of likely N-dealkylation sites (N-methyl/N-ethyl adjacent to an activating group) is 1. The van der Waals surface area contributed by atoms with E-state index in [9.17, 15) is 4.79 Å². The Morgan fingerprint density at radius 1 is 1.35 bits per heavy atom. The molecule has 0 bridgehead atoms. The molecule has 1 amide bonds. The first kappa shape index (κ1) is 17.2. The zero-order valence-corrected chi connectivity index (χ0v) is 13.6. The molecular weight excluding hydrogens is 320 g/mol. The van der Waals surface area contributed by atoms with Crippen LogP contribution in [0.5, 0.6) is 5.75 Å². The van der Waals surface area contributed by atoms with E-state index < -0.39 is 0 Å². The minimum absolute atomic E-state index is 0. The number of hydrogen-bond donors (Lipinski definition) is 2. The number of carbonyl (C=O) groups excluding carboxylic acids is 1. The van der Waals surface area contributed by atoms with Gasteiger partial charge in [0.25, 0.3) is 0 Å². The lowest BCUT2D eigenvalue weighted by molar-refractivity contribution is -0.115. The van der Waals surface area contributed by atoms with Gasteiger partial charge in [0.15, 0.2) is 6.61 Å². The molecule has 1 aromatic heterocycles. The molecule has 0 unspecified atom stereocenters. The largest absolute Gasteiger partial charge is 0.485 e. The maximum atomic E-state index is 11.4. The van der Waals surface area contributed by atoms with Gasteiger partial charge >= 0.3 is 0 Å². The number of hydrogen-bond acceptors (Lipinski definition) is 6. The van der Waals surface area contributed by atoms with Gasteiger partial charge in [0, 0.05) is 11.6 Å². The van der Waals surface area contributed by atoms with Crippen molar-refractivity contribution < 1.29 is 14.1 Å². The van der Waals surface area contributed by atoms with Gasteiger partial charge in [-0.2, -0.15) is 4.98 Å². The molecule has 1 aromatic carbocycles. The van der Waals surface area contributed by atoms with Crippen LogP contribution in [0.15, 0.2) is 28.8 Å². The highest BCUT2D eigenvalue weighted by atomic mass is 35.5. The van der Waals surface area contributed by atoms with Gasteiger partial charge in [0.05, 0.1) is 6.54 Å². The molecule has 1 aliphatic rings. The summed E-state index contributed by atoms with van der Waals surface area (Å²) in [5.41, 5.74) is 0.725. The molecule has 124 valence electrons. The zero-order valence-electron chi connectivity index (χ0n) is 12.7. The molecule has 7 nitrogen and oxygen atoms in total. The first-order valence-electron chi connectivity index (χ1n) is 7.24. The lowest BCUT2D eigenvalue weighted by Crippen LogP contribution is -2.24. The van der Waals surface area contributed by atoms with Gasteiger partial charge in [-0.3, -0.25) is 4.79 Å². The van der Waals surface area contributed by atoms with Crippen molar-refractivity contribution in [1.29, 1.82) is 0 Å². The van der Waals surface area contributed by atoms with Gasteiger partial charge in [-0.15, -0.1) is 12.4 Å². The fourth-order valence-corrected chi connectivity index (χ4v) is 1.97. The van der Waals surface area contributed by atoms with Crippen molar-refractivity contribution in [3.63, 3.8) is 0 Å². The fraction of sp³-hybridized carbons (Fsp3) is 0.400. The van der Waals surface area contributed by atoms with Crippen molar-refractivity contribution >= 4 is 24.0 Å². The van der Waals surface area contributed by atoms with E-state index in [1.165, 1.54) is 0 Å². The summed E-state index contributed by atoms with van der Waals surface area (Å²) in [5.74, 6) is 2.30. The van der Waals surface area contributed by atoms with Crippen LogP contribution in [-0.4, -0.2) is 29.6 Å². The fourth-order valence-electron chi connectivity index (χ4n) is 1.97. The molecule has 23 heavy (non-hydrogen) atoms. The summed E-state index contributed by atoms with van der Waals surface area (Å²) in [5, 5.41) is 9.46. The Hall–Kier alpha value is -2.12. The SMILES string of the molecule is CNCC(=O)Nc1ccc(OCc2noc(C3CC3)n2)cc1.Cl. The number of ether oxygens (including phenoxy) is 1. The van der Waals surface area contributed by atoms with E-state index in [1.54, 1.807) is 31.3 Å². The van der Waals surface area contributed by atoms with Crippen molar-refractivity contribution in [2.24, 2.45) is 0 Å². The smallest absolute Gasteiger partial charge is 0.238 e. The van der Waals surface area contributed by atoms with Crippen LogP contribution >= 0.6 is 12.4 Å². The van der Waals surface area contributed by atoms with Gasteiger partial charge < -0.3 is 19.9 Å². The maximum Gasteiger partial charge on any atom is 0.238 e. The summed E-state index contributed by atoms with van der Waals surface area (Å²) < 4.78 is 10.8. The Kier molecular flexibility index (Phi) is 5.95. The summed E-state index contributed by atoms with van der Waals surface area (Å²) in [6, 6.07) is 7.15. The van der Waals surface area contributed by atoms with E-state index in [4.69, 9.17) is 9.26 Å². The highest BCUT2D eigenvalue weighted by Crippen LogP contribution is 2.38. The minimum atomic E-state index is -0.0874. The Morgan fingerprint density at radius 3 is 2.74 bits per heavy atom. The van der Waals surface area contributed by atoms with E-state index in [0.29, 0.717) is 23.4 Å². The molecule has 3 rings (SSSR count).